The normalized spacial score (nSPS) is 12.6. The molecule has 1 aromatic heterocycles. The van der Waals surface area contributed by atoms with Crippen LogP contribution in [0.2, 0.25) is 0 Å². The van der Waals surface area contributed by atoms with E-state index in [1.54, 1.807) is 20.4 Å². The zero-order chi connectivity index (χ0) is 12.8. The molecule has 2 rings (SSSR count). The maximum absolute atomic E-state index is 5.29. The maximum Gasteiger partial charge on any atom is 0.156 e. The molecule has 0 bridgehead atoms. The number of ether oxygens (including phenoxy) is 2. The second-order valence-corrected chi connectivity index (χ2v) is 3.97. The van der Waals surface area contributed by atoms with Crippen LogP contribution < -0.4 is 5.32 Å². The van der Waals surface area contributed by atoms with Gasteiger partial charge in [-0.25, -0.2) is 0 Å². The summed E-state index contributed by atoms with van der Waals surface area (Å²) in [7, 11) is 3.32. The van der Waals surface area contributed by atoms with Crippen molar-refractivity contribution in [3.8, 4) is 0 Å². The van der Waals surface area contributed by atoms with Gasteiger partial charge in [0.1, 0.15) is 0 Å². The summed E-state index contributed by atoms with van der Waals surface area (Å²) >= 11 is 0. The molecule has 2 aromatic rings. The molecule has 1 atom stereocenters. The van der Waals surface area contributed by atoms with Gasteiger partial charge >= 0.3 is 0 Å². The molecule has 1 heterocycles. The Hall–Kier alpha value is -1.72. The molecule has 18 heavy (non-hydrogen) atoms. The minimum absolute atomic E-state index is 0.00392. The third kappa shape index (κ3) is 2.94. The highest BCUT2D eigenvalue weighted by atomic mass is 16.5. The van der Waals surface area contributed by atoms with E-state index in [4.69, 9.17) is 9.47 Å². The van der Waals surface area contributed by atoms with Crippen molar-refractivity contribution >= 4 is 16.6 Å². The van der Waals surface area contributed by atoms with Crippen molar-refractivity contribution in [1.29, 1.82) is 0 Å². The van der Waals surface area contributed by atoms with Gasteiger partial charge in [-0.3, -0.25) is 0 Å². The Kier molecular flexibility index (Phi) is 4.44. The predicted molar refractivity (Wildman–Crippen MR) is 70.7 cm³/mol. The third-order valence-corrected chi connectivity index (χ3v) is 2.75. The number of hydrogen-bond donors (Lipinski definition) is 1. The molecule has 96 valence electrons. The Labute approximate surface area is 106 Å². The summed E-state index contributed by atoms with van der Waals surface area (Å²) in [4.78, 5) is 0. The number of methoxy groups -OCH3 is 2. The number of hydrogen-bond acceptors (Lipinski definition) is 5. The highest BCUT2D eigenvalue weighted by Gasteiger charge is 2.08. The van der Waals surface area contributed by atoms with Crippen molar-refractivity contribution in [3.05, 3.63) is 30.5 Å². The first-order valence-corrected chi connectivity index (χ1v) is 5.81. The van der Waals surface area contributed by atoms with Crippen molar-refractivity contribution in [3.63, 3.8) is 0 Å². The van der Waals surface area contributed by atoms with Crippen LogP contribution >= 0.6 is 0 Å². The summed E-state index contributed by atoms with van der Waals surface area (Å²) in [5.74, 6) is 0.770. The van der Waals surface area contributed by atoms with E-state index in [0.717, 1.165) is 16.6 Å². The zero-order valence-electron chi connectivity index (χ0n) is 10.6. The highest BCUT2D eigenvalue weighted by Crippen LogP contribution is 2.19. The molecule has 5 nitrogen and oxygen atoms in total. The minimum Gasteiger partial charge on any atom is -0.382 e. The lowest BCUT2D eigenvalue weighted by Crippen LogP contribution is -2.27. The van der Waals surface area contributed by atoms with E-state index in [9.17, 15) is 0 Å². The summed E-state index contributed by atoms with van der Waals surface area (Å²) in [6, 6.07) is 8.00. The van der Waals surface area contributed by atoms with E-state index in [1.807, 2.05) is 24.3 Å². The SMILES string of the molecule is COCC(CNc1nncc2ccccc12)OC. The molecule has 0 saturated heterocycles. The minimum atomic E-state index is -0.00392. The lowest BCUT2D eigenvalue weighted by Gasteiger charge is -2.15. The molecule has 1 N–H and O–H groups in total. The van der Waals surface area contributed by atoms with Crippen LogP contribution in [0.3, 0.4) is 0 Å². The molecular weight excluding hydrogens is 230 g/mol. The van der Waals surface area contributed by atoms with Gasteiger partial charge in [-0.2, -0.15) is 5.10 Å². The van der Waals surface area contributed by atoms with Crippen LogP contribution in [0.4, 0.5) is 5.82 Å². The topological polar surface area (TPSA) is 56.3 Å². The number of anilines is 1. The van der Waals surface area contributed by atoms with Crippen molar-refractivity contribution in [2.24, 2.45) is 0 Å². The summed E-state index contributed by atoms with van der Waals surface area (Å²) in [5.41, 5.74) is 0. The summed E-state index contributed by atoms with van der Waals surface area (Å²) in [6.07, 6.45) is 1.75. The number of rotatable bonds is 6. The van der Waals surface area contributed by atoms with Gasteiger partial charge in [0, 0.05) is 31.5 Å². The van der Waals surface area contributed by atoms with Crippen LogP contribution in [-0.4, -0.2) is 43.7 Å². The Morgan fingerprint density at radius 2 is 2.11 bits per heavy atom. The molecule has 1 unspecified atom stereocenters. The van der Waals surface area contributed by atoms with Gasteiger partial charge in [0.15, 0.2) is 5.82 Å². The number of nitrogens with one attached hydrogen (secondary N) is 1. The van der Waals surface area contributed by atoms with Gasteiger partial charge in [0.05, 0.1) is 18.9 Å². The second kappa shape index (κ2) is 6.28. The van der Waals surface area contributed by atoms with E-state index in [-0.39, 0.29) is 6.10 Å². The maximum atomic E-state index is 5.29. The molecule has 0 aliphatic rings. The predicted octanol–water partition coefficient (Wildman–Crippen LogP) is 1.70. The Bertz CT molecular complexity index is 499. The van der Waals surface area contributed by atoms with Crippen LogP contribution in [-0.2, 0) is 9.47 Å². The quantitative estimate of drug-likeness (QED) is 0.842. The monoisotopic (exact) mass is 247 g/mol. The first-order chi connectivity index (χ1) is 8.85. The van der Waals surface area contributed by atoms with Gasteiger partial charge in [-0.05, 0) is 0 Å². The van der Waals surface area contributed by atoms with Gasteiger partial charge in [-0.15, -0.1) is 5.10 Å². The van der Waals surface area contributed by atoms with Gasteiger partial charge < -0.3 is 14.8 Å². The molecule has 0 saturated carbocycles. The van der Waals surface area contributed by atoms with Gasteiger partial charge in [-0.1, -0.05) is 24.3 Å². The molecule has 0 aliphatic heterocycles. The van der Waals surface area contributed by atoms with Crippen LogP contribution in [0.1, 0.15) is 0 Å². The molecule has 5 heteroatoms. The summed E-state index contributed by atoms with van der Waals surface area (Å²) in [5, 5.41) is 13.5. The smallest absolute Gasteiger partial charge is 0.156 e. The second-order valence-electron chi connectivity index (χ2n) is 3.97. The van der Waals surface area contributed by atoms with Crippen molar-refractivity contribution in [2.45, 2.75) is 6.10 Å². The molecule has 0 spiro atoms. The van der Waals surface area contributed by atoms with Crippen LogP contribution in [0.15, 0.2) is 30.5 Å². The number of aromatic nitrogens is 2. The molecule has 0 amide bonds. The lowest BCUT2D eigenvalue weighted by atomic mass is 10.2. The fourth-order valence-electron chi connectivity index (χ4n) is 1.77. The summed E-state index contributed by atoms with van der Waals surface area (Å²) < 4.78 is 10.4. The third-order valence-electron chi connectivity index (χ3n) is 2.75. The average Bonchev–Trinajstić information content (AvgIpc) is 2.43. The standard InChI is InChI=1S/C13H17N3O2/c1-17-9-11(18-2)8-14-13-12-6-4-3-5-10(12)7-15-16-13/h3-7,11H,8-9H2,1-2H3,(H,14,16). The van der Waals surface area contributed by atoms with Gasteiger partial charge in [0.2, 0.25) is 0 Å². The first kappa shape index (κ1) is 12.7. The average molecular weight is 247 g/mol. The zero-order valence-corrected chi connectivity index (χ0v) is 10.6. The van der Waals surface area contributed by atoms with Crippen LogP contribution in [0.5, 0.6) is 0 Å². The first-order valence-electron chi connectivity index (χ1n) is 5.81. The highest BCUT2D eigenvalue weighted by molar-refractivity contribution is 5.90. The largest absolute Gasteiger partial charge is 0.382 e. The Morgan fingerprint density at radius 3 is 2.89 bits per heavy atom. The van der Waals surface area contributed by atoms with Crippen LogP contribution in [0, 0.1) is 0 Å². The van der Waals surface area contributed by atoms with Crippen LogP contribution in [0.25, 0.3) is 10.8 Å². The molecule has 0 fully saturated rings. The van der Waals surface area contributed by atoms with E-state index in [1.165, 1.54) is 0 Å². The number of nitrogens with zero attached hydrogens (tertiary/aromatic N) is 2. The van der Waals surface area contributed by atoms with Crippen molar-refractivity contribution in [2.75, 3.05) is 32.7 Å². The number of benzene rings is 1. The fraction of sp³-hybridized carbons (Fsp3) is 0.385. The van der Waals surface area contributed by atoms with Gasteiger partial charge in [0.25, 0.3) is 0 Å². The molecular formula is C13H17N3O2. The van der Waals surface area contributed by atoms with E-state index < -0.39 is 0 Å². The Balaban J connectivity index is 2.11. The van der Waals surface area contributed by atoms with E-state index >= 15 is 0 Å². The van der Waals surface area contributed by atoms with Crippen molar-refractivity contribution in [1.82, 2.24) is 10.2 Å². The fourth-order valence-corrected chi connectivity index (χ4v) is 1.77. The Morgan fingerprint density at radius 1 is 1.28 bits per heavy atom. The summed E-state index contributed by atoms with van der Waals surface area (Å²) in [6.45, 7) is 1.18. The van der Waals surface area contributed by atoms with Crippen molar-refractivity contribution < 1.29 is 9.47 Å². The van der Waals surface area contributed by atoms with E-state index in [0.29, 0.717) is 13.2 Å². The lowest BCUT2D eigenvalue weighted by molar-refractivity contribution is 0.0365. The molecule has 0 aliphatic carbocycles. The number of fused-ring (bicyclic) bond motifs is 1. The van der Waals surface area contributed by atoms with E-state index in [2.05, 4.69) is 15.5 Å². The molecule has 0 radical (unpaired) electrons. The molecule has 1 aromatic carbocycles.